The normalized spacial score (nSPS) is 25.1. The molecule has 0 saturated heterocycles. The number of amides is 1. The smallest absolute Gasteiger partial charge is 0.262 e. The van der Waals surface area contributed by atoms with Crippen LogP contribution in [0.3, 0.4) is 0 Å². The van der Waals surface area contributed by atoms with Crippen LogP contribution in [-0.2, 0) is 4.79 Å². The van der Waals surface area contributed by atoms with Crippen molar-refractivity contribution in [1.82, 2.24) is 13.8 Å². The lowest BCUT2D eigenvalue weighted by Gasteiger charge is -2.30. The van der Waals surface area contributed by atoms with Gasteiger partial charge in [-0.3, -0.25) is 14.3 Å². The van der Waals surface area contributed by atoms with E-state index in [0.29, 0.717) is 24.1 Å². The van der Waals surface area contributed by atoms with Crippen molar-refractivity contribution in [3.8, 4) is 0 Å². The van der Waals surface area contributed by atoms with Gasteiger partial charge in [-0.1, -0.05) is 43.0 Å². The number of aliphatic hydroxyl groups is 1. The third-order valence-corrected chi connectivity index (χ3v) is 9.23. The summed E-state index contributed by atoms with van der Waals surface area (Å²) in [7, 11) is 2.53. The fraction of sp³-hybridized carbons (Fsp3) is 0.214. The first-order valence-electron chi connectivity index (χ1n) is 11.9. The Bertz CT molecular complexity index is 1880. The van der Waals surface area contributed by atoms with Gasteiger partial charge in [0.15, 0.2) is 5.78 Å². The lowest BCUT2D eigenvalue weighted by Crippen LogP contribution is -2.42. The summed E-state index contributed by atoms with van der Waals surface area (Å²) in [5.74, 6) is -0.282. The zero-order valence-electron chi connectivity index (χ0n) is 19.1. The van der Waals surface area contributed by atoms with Crippen LogP contribution in [0.1, 0.15) is 47.8 Å². The number of para-hydroxylation sites is 2. The van der Waals surface area contributed by atoms with E-state index in [0.717, 1.165) is 49.2 Å². The van der Waals surface area contributed by atoms with E-state index in [9.17, 15) is 14.7 Å². The minimum Gasteiger partial charge on any atom is -0.380 e. The quantitative estimate of drug-likeness (QED) is 0.331. The largest absolute Gasteiger partial charge is 0.380 e. The van der Waals surface area contributed by atoms with E-state index in [4.69, 9.17) is 0 Å². The van der Waals surface area contributed by atoms with Crippen molar-refractivity contribution >= 4 is 70.4 Å². The van der Waals surface area contributed by atoms with E-state index in [2.05, 4.69) is 49.4 Å². The number of aromatic nitrogens is 2. The summed E-state index contributed by atoms with van der Waals surface area (Å²) in [6, 6.07) is 15.8. The van der Waals surface area contributed by atoms with Gasteiger partial charge in [-0.15, -0.1) is 0 Å². The van der Waals surface area contributed by atoms with Crippen molar-refractivity contribution < 1.29 is 14.7 Å². The van der Waals surface area contributed by atoms with Gasteiger partial charge in [0.05, 0.1) is 22.6 Å². The maximum Gasteiger partial charge on any atom is 0.262 e. The first-order valence-corrected chi connectivity index (χ1v) is 12.4. The van der Waals surface area contributed by atoms with Crippen molar-refractivity contribution in [2.24, 2.45) is 0 Å². The van der Waals surface area contributed by atoms with E-state index in [-0.39, 0.29) is 17.7 Å². The highest BCUT2D eigenvalue weighted by Crippen LogP contribution is 2.58. The van der Waals surface area contributed by atoms with Gasteiger partial charge in [0.25, 0.3) is 5.91 Å². The number of carbonyl (C=O) groups is 2. The Morgan fingerprint density at radius 1 is 1.00 bits per heavy atom. The summed E-state index contributed by atoms with van der Waals surface area (Å²) < 4.78 is 6.05. The second-order valence-corrected chi connectivity index (χ2v) is 10.7. The van der Waals surface area contributed by atoms with Crippen molar-refractivity contribution in [3.63, 3.8) is 0 Å². The number of carbonyl (C=O) groups excluding carboxylic acids is 2. The summed E-state index contributed by atoms with van der Waals surface area (Å²) >= 11 is 0. The Kier molecular flexibility index (Phi) is 3.40. The molecule has 1 aliphatic carbocycles. The Morgan fingerprint density at radius 2 is 1.57 bits per heavy atom. The summed E-state index contributed by atoms with van der Waals surface area (Å²) in [5, 5.41) is 15.8. The fourth-order valence-corrected chi connectivity index (χ4v) is 7.50. The molecule has 8 rings (SSSR count). The minimum absolute atomic E-state index is 0.0666. The Morgan fingerprint density at radius 3 is 2.23 bits per heavy atom. The maximum atomic E-state index is 13.7. The summed E-state index contributed by atoms with van der Waals surface area (Å²) in [6.07, 6.45) is 0.989. The Balaban J connectivity index is 1.76. The van der Waals surface area contributed by atoms with Crippen molar-refractivity contribution in [3.05, 3.63) is 66.2 Å². The zero-order valence-corrected chi connectivity index (χ0v) is 20.2. The molecule has 2 bridgehead atoms. The predicted molar refractivity (Wildman–Crippen MR) is 140 cm³/mol. The topological polar surface area (TPSA) is 67.5 Å². The van der Waals surface area contributed by atoms with Gasteiger partial charge in [-0.05, 0) is 34.9 Å². The standard InChI is InChI=1S/C28H22N3O3P/c1-13-21-22-17-8-4-6-10-19(17)30-20-11-15(12-28(20,34)14(2)32)29-18-9-5-3-7-16(18)23(25(29)26(22)30)24(21)27(33)31(13)35/h3-10,15,20,34H,1,11-12,35H2,2H3/t15?,20?,28-/m1/s1. The van der Waals surface area contributed by atoms with Crippen LogP contribution in [0.25, 0.3) is 49.3 Å². The number of ketones is 1. The molecule has 1 saturated carbocycles. The average Bonchev–Trinajstić information content (AvgIpc) is 3.51. The first kappa shape index (κ1) is 19.8. The fourth-order valence-electron chi connectivity index (χ4n) is 7.24. The number of benzene rings is 3. The SMILES string of the molecule is C=C1c2c(c3c4ccccc4n4c3c3c2c2ccccc2n3C2CC4C[C@@]2(O)C(C)=O)C(=O)N1P. The molecular formula is C28H22N3O3P. The van der Waals surface area contributed by atoms with E-state index in [1.54, 1.807) is 4.67 Å². The van der Waals surface area contributed by atoms with E-state index < -0.39 is 11.6 Å². The van der Waals surface area contributed by atoms with Crippen LogP contribution in [0.4, 0.5) is 0 Å². The van der Waals surface area contributed by atoms with Crippen LogP contribution < -0.4 is 0 Å². The lowest BCUT2D eigenvalue weighted by molar-refractivity contribution is -0.137. The number of rotatable bonds is 1. The number of hydrogen-bond donors (Lipinski definition) is 1. The summed E-state index contributed by atoms with van der Waals surface area (Å²) in [5.41, 5.74) is 4.67. The Hall–Kier alpha value is -3.47. The van der Waals surface area contributed by atoms with Gasteiger partial charge in [0, 0.05) is 56.3 Å². The maximum absolute atomic E-state index is 13.7. The molecule has 7 heteroatoms. The molecule has 1 N–H and O–H groups in total. The van der Waals surface area contributed by atoms with Gasteiger partial charge < -0.3 is 14.2 Å². The van der Waals surface area contributed by atoms with Gasteiger partial charge in [0.2, 0.25) is 0 Å². The van der Waals surface area contributed by atoms with Gasteiger partial charge in [0.1, 0.15) is 5.60 Å². The van der Waals surface area contributed by atoms with Crippen LogP contribution in [0.5, 0.6) is 0 Å². The highest BCUT2D eigenvalue weighted by atomic mass is 31.0. The second-order valence-electron chi connectivity index (χ2n) is 10.2. The molecule has 172 valence electrons. The number of nitrogens with zero attached hydrogens (tertiary/aromatic N) is 3. The first-order chi connectivity index (χ1) is 16.8. The molecular weight excluding hydrogens is 457 g/mol. The predicted octanol–water partition coefficient (Wildman–Crippen LogP) is 5.33. The molecule has 1 amide bonds. The van der Waals surface area contributed by atoms with Crippen molar-refractivity contribution in [2.45, 2.75) is 37.5 Å². The number of hydrogen-bond acceptors (Lipinski definition) is 3. The third kappa shape index (κ3) is 2.00. The summed E-state index contributed by atoms with van der Waals surface area (Å²) in [4.78, 5) is 26.6. The molecule has 3 unspecified atom stereocenters. The molecule has 4 heterocycles. The molecule has 1 fully saturated rings. The molecule has 0 spiro atoms. The van der Waals surface area contributed by atoms with Gasteiger partial charge in [-0.25, -0.2) is 0 Å². The summed E-state index contributed by atoms with van der Waals surface area (Å²) in [6.45, 7) is 5.80. The molecule has 3 aromatic carbocycles. The highest BCUT2D eigenvalue weighted by Gasteiger charge is 2.54. The lowest BCUT2D eigenvalue weighted by atomic mass is 9.92. The minimum atomic E-state index is -1.47. The Labute approximate surface area is 202 Å². The number of Topliss-reactive ketones (excluding diaryl/α,β-unsaturated/α-hetero) is 1. The van der Waals surface area contributed by atoms with Crippen molar-refractivity contribution in [2.75, 3.05) is 0 Å². The van der Waals surface area contributed by atoms with Crippen LogP contribution >= 0.6 is 9.39 Å². The molecule has 0 radical (unpaired) electrons. The average molecular weight is 479 g/mol. The third-order valence-electron chi connectivity index (χ3n) is 8.69. The zero-order chi connectivity index (χ0) is 24.0. The van der Waals surface area contributed by atoms with Crippen LogP contribution in [0, 0.1) is 0 Å². The number of fused-ring (bicyclic) bond motifs is 13. The molecule has 35 heavy (non-hydrogen) atoms. The van der Waals surface area contributed by atoms with Crippen molar-refractivity contribution in [1.29, 1.82) is 0 Å². The molecule has 2 aliphatic heterocycles. The van der Waals surface area contributed by atoms with Crippen LogP contribution in [-0.4, -0.2) is 36.2 Å². The van der Waals surface area contributed by atoms with Gasteiger partial charge >= 0.3 is 0 Å². The molecule has 3 aliphatic rings. The van der Waals surface area contributed by atoms with E-state index in [1.807, 2.05) is 24.3 Å². The van der Waals surface area contributed by atoms with Gasteiger partial charge in [-0.2, -0.15) is 0 Å². The molecule has 6 nitrogen and oxygen atoms in total. The van der Waals surface area contributed by atoms with Crippen LogP contribution in [0.2, 0.25) is 0 Å². The van der Waals surface area contributed by atoms with E-state index >= 15 is 0 Å². The van der Waals surface area contributed by atoms with E-state index in [1.165, 1.54) is 6.92 Å². The second kappa shape index (κ2) is 6.01. The van der Waals surface area contributed by atoms with Crippen LogP contribution in [0.15, 0.2) is 55.1 Å². The molecule has 2 aromatic heterocycles. The molecule has 4 atom stereocenters. The molecule has 5 aromatic rings. The highest BCUT2D eigenvalue weighted by molar-refractivity contribution is 7.15. The monoisotopic (exact) mass is 479 g/mol.